The summed E-state index contributed by atoms with van der Waals surface area (Å²) in [5, 5.41) is 7.85. The van der Waals surface area contributed by atoms with Gasteiger partial charge in [0.25, 0.3) is 0 Å². The van der Waals surface area contributed by atoms with Gasteiger partial charge in [-0.3, -0.25) is 4.68 Å². The molecule has 1 aromatic heterocycles. The quantitative estimate of drug-likeness (QED) is 0.883. The van der Waals surface area contributed by atoms with Crippen molar-refractivity contribution in [2.45, 2.75) is 25.8 Å². The highest BCUT2D eigenvalue weighted by molar-refractivity contribution is 9.10. The van der Waals surface area contributed by atoms with E-state index in [4.69, 9.17) is 0 Å². The first kappa shape index (κ1) is 14.3. The molecule has 0 aliphatic carbocycles. The second-order valence-electron chi connectivity index (χ2n) is 4.79. The Balaban J connectivity index is 2.15. The Bertz CT molecular complexity index is 522. The van der Waals surface area contributed by atoms with Crippen molar-refractivity contribution in [2.75, 3.05) is 6.54 Å². The zero-order valence-electron chi connectivity index (χ0n) is 11.4. The highest BCUT2D eigenvalue weighted by Crippen LogP contribution is 2.21. The first-order chi connectivity index (χ1) is 9.19. The summed E-state index contributed by atoms with van der Waals surface area (Å²) < 4.78 is 2.98. The fraction of sp³-hybridized carbons (Fsp3) is 0.400. The smallest absolute Gasteiger partial charge is 0.0522 e. The fourth-order valence-corrected chi connectivity index (χ4v) is 2.58. The summed E-state index contributed by atoms with van der Waals surface area (Å²) in [7, 11) is 1.96. The number of nitrogens with one attached hydrogen (secondary N) is 1. The van der Waals surface area contributed by atoms with E-state index in [2.05, 4.69) is 63.7 Å². The molecular formula is C15H20BrN3. The normalized spacial score (nSPS) is 12.6. The van der Waals surface area contributed by atoms with Crippen LogP contribution in [0, 0.1) is 0 Å². The molecule has 19 heavy (non-hydrogen) atoms. The Morgan fingerprint density at radius 1 is 1.42 bits per heavy atom. The van der Waals surface area contributed by atoms with E-state index >= 15 is 0 Å². The Morgan fingerprint density at radius 2 is 2.26 bits per heavy atom. The van der Waals surface area contributed by atoms with Crippen LogP contribution in [0.4, 0.5) is 0 Å². The van der Waals surface area contributed by atoms with Gasteiger partial charge in [0.2, 0.25) is 0 Å². The van der Waals surface area contributed by atoms with E-state index in [1.54, 1.807) is 0 Å². The number of hydrogen-bond donors (Lipinski definition) is 1. The number of halogens is 1. The number of rotatable bonds is 6. The van der Waals surface area contributed by atoms with Gasteiger partial charge in [0, 0.05) is 23.8 Å². The number of benzene rings is 1. The maximum absolute atomic E-state index is 4.24. The lowest BCUT2D eigenvalue weighted by Crippen LogP contribution is -2.24. The SMILES string of the molecule is CCCNC(Cc1cnn(C)c1)c1cccc(Br)c1. The molecule has 4 heteroatoms. The average Bonchev–Trinajstić information content (AvgIpc) is 2.80. The van der Waals surface area contributed by atoms with Gasteiger partial charge < -0.3 is 5.32 Å². The third kappa shape index (κ3) is 4.18. The second kappa shape index (κ2) is 6.87. The van der Waals surface area contributed by atoms with Crippen LogP contribution in [-0.4, -0.2) is 16.3 Å². The molecule has 0 amide bonds. The molecule has 0 saturated carbocycles. The van der Waals surface area contributed by atoms with Crippen molar-refractivity contribution in [1.29, 1.82) is 0 Å². The molecule has 3 nitrogen and oxygen atoms in total. The predicted molar refractivity (Wildman–Crippen MR) is 82.1 cm³/mol. The van der Waals surface area contributed by atoms with Gasteiger partial charge in [-0.1, -0.05) is 35.0 Å². The molecule has 1 atom stereocenters. The fourth-order valence-electron chi connectivity index (χ4n) is 2.16. The minimum absolute atomic E-state index is 0.335. The molecule has 0 spiro atoms. The third-order valence-corrected chi connectivity index (χ3v) is 3.58. The zero-order chi connectivity index (χ0) is 13.7. The number of hydrogen-bond acceptors (Lipinski definition) is 2. The summed E-state index contributed by atoms with van der Waals surface area (Å²) >= 11 is 3.54. The molecule has 1 N–H and O–H groups in total. The maximum Gasteiger partial charge on any atom is 0.0522 e. The monoisotopic (exact) mass is 321 g/mol. The molecule has 102 valence electrons. The van der Waals surface area contributed by atoms with E-state index in [0.29, 0.717) is 6.04 Å². The van der Waals surface area contributed by atoms with Crippen LogP contribution in [0.25, 0.3) is 0 Å². The Kier molecular flexibility index (Phi) is 5.16. The topological polar surface area (TPSA) is 29.9 Å². The van der Waals surface area contributed by atoms with Crippen molar-refractivity contribution >= 4 is 15.9 Å². The first-order valence-electron chi connectivity index (χ1n) is 6.65. The summed E-state index contributed by atoms with van der Waals surface area (Å²) in [5.41, 5.74) is 2.57. The number of aryl methyl sites for hydroxylation is 1. The van der Waals surface area contributed by atoms with Crippen molar-refractivity contribution in [2.24, 2.45) is 7.05 Å². The Hall–Kier alpha value is -1.13. The molecule has 0 aliphatic rings. The lowest BCUT2D eigenvalue weighted by Gasteiger charge is -2.18. The van der Waals surface area contributed by atoms with Crippen molar-refractivity contribution in [3.05, 3.63) is 52.3 Å². The second-order valence-corrected chi connectivity index (χ2v) is 5.70. The summed E-state index contributed by atoms with van der Waals surface area (Å²) in [6.45, 7) is 3.21. The molecule has 1 heterocycles. The van der Waals surface area contributed by atoms with Crippen molar-refractivity contribution in [3.63, 3.8) is 0 Å². The summed E-state index contributed by atoms with van der Waals surface area (Å²) in [6, 6.07) is 8.84. The third-order valence-electron chi connectivity index (χ3n) is 3.09. The van der Waals surface area contributed by atoms with Crippen LogP contribution >= 0.6 is 15.9 Å². The molecule has 0 fully saturated rings. The molecule has 0 aliphatic heterocycles. The Morgan fingerprint density at radius 3 is 2.89 bits per heavy atom. The first-order valence-corrected chi connectivity index (χ1v) is 7.44. The van der Waals surface area contributed by atoms with Gasteiger partial charge in [0.15, 0.2) is 0 Å². The van der Waals surface area contributed by atoms with Gasteiger partial charge >= 0.3 is 0 Å². The van der Waals surface area contributed by atoms with Gasteiger partial charge in [-0.2, -0.15) is 5.10 Å². The minimum atomic E-state index is 0.335. The van der Waals surface area contributed by atoms with E-state index < -0.39 is 0 Å². The van der Waals surface area contributed by atoms with Crippen LogP contribution in [-0.2, 0) is 13.5 Å². The summed E-state index contributed by atoms with van der Waals surface area (Å²) in [5.74, 6) is 0. The van der Waals surface area contributed by atoms with Crippen LogP contribution < -0.4 is 5.32 Å². The van der Waals surface area contributed by atoms with E-state index in [-0.39, 0.29) is 0 Å². The molecule has 2 rings (SSSR count). The van der Waals surface area contributed by atoms with Crippen LogP contribution in [0.15, 0.2) is 41.1 Å². The van der Waals surface area contributed by atoms with Crippen LogP contribution in [0.2, 0.25) is 0 Å². The van der Waals surface area contributed by atoms with E-state index in [9.17, 15) is 0 Å². The average molecular weight is 322 g/mol. The van der Waals surface area contributed by atoms with E-state index in [1.807, 2.05) is 17.9 Å². The lowest BCUT2D eigenvalue weighted by atomic mass is 10.0. The summed E-state index contributed by atoms with van der Waals surface area (Å²) in [4.78, 5) is 0. The zero-order valence-corrected chi connectivity index (χ0v) is 13.0. The molecule has 1 unspecified atom stereocenters. The van der Waals surface area contributed by atoms with Gasteiger partial charge in [-0.25, -0.2) is 0 Å². The molecule has 0 radical (unpaired) electrons. The highest BCUT2D eigenvalue weighted by Gasteiger charge is 2.12. The van der Waals surface area contributed by atoms with Gasteiger partial charge in [-0.15, -0.1) is 0 Å². The summed E-state index contributed by atoms with van der Waals surface area (Å²) in [6.07, 6.45) is 6.12. The van der Waals surface area contributed by atoms with Crippen LogP contribution in [0.5, 0.6) is 0 Å². The van der Waals surface area contributed by atoms with Gasteiger partial charge in [-0.05, 0) is 42.6 Å². The van der Waals surface area contributed by atoms with Crippen LogP contribution in [0.1, 0.15) is 30.5 Å². The molecule has 0 saturated heterocycles. The predicted octanol–water partition coefficient (Wildman–Crippen LogP) is 3.47. The van der Waals surface area contributed by atoms with Gasteiger partial charge in [0.1, 0.15) is 0 Å². The molecule has 1 aromatic carbocycles. The van der Waals surface area contributed by atoms with E-state index in [1.165, 1.54) is 11.1 Å². The lowest BCUT2D eigenvalue weighted by molar-refractivity contribution is 0.529. The standard InChI is InChI=1S/C15H20BrN3/c1-3-7-17-15(8-12-10-18-19(2)11-12)13-5-4-6-14(16)9-13/h4-6,9-11,15,17H,3,7-8H2,1-2H3. The van der Waals surface area contributed by atoms with Crippen molar-refractivity contribution < 1.29 is 0 Å². The van der Waals surface area contributed by atoms with E-state index in [0.717, 1.165) is 23.9 Å². The number of aromatic nitrogens is 2. The molecular weight excluding hydrogens is 302 g/mol. The largest absolute Gasteiger partial charge is 0.310 e. The van der Waals surface area contributed by atoms with Crippen molar-refractivity contribution in [1.82, 2.24) is 15.1 Å². The minimum Gasteiger partial charge on any atom is -0.310 e. The maximum atomic E-state index is 4.24. The number of nitrogens with zero attached hydrogens (tertiary/aromatic N) is 2. The molecule has 0 bridgehead atoms. The highest BCUT2D eigenvalue weighted by atomic mass is 79.9. The van der Waals surface area contributed by atoms with Crippen molar-refractivity contribution in [3.8, 4) is 0 Å². The Labute approximate surface area is 123 Å². The van der Waals surface area contributed by atoms with Crippen LogP contribution in [0.3, 0.4) is 0 Å². The molecule has 2 aromatic rings. The van der Waals surface area contributed by atoms with Gasteiger partial charge in [0.05, 0.1) is 6.20 Å².